The van der Waals surface area contributed by atoms with Crippen LogP contribution in [0.4, 0.5) is 5.69 Å². The van der Waals surface area contributed by atoms with E-state index >= 15 is 0 Å². The molecule has 31 heavy (non-hydrogen) atoms. The minimum Gasteiger partial charge on any atom is -0.258 e. The van der Waals surface area contributed by atoms with Gasteiger partial charge in [0.15, 0.2) is 0 Å². The number of aromatic nitrogens is 4. The molecule has 0 N–H and O–H groups in total. The molecule has 0 atom stereocenters. The Morgan fingerprint density at radius 3 is 2.52 bits per heavy atom. The van der Waals surface area contributed by atoms with E-state index < -0.39 is 4.92 Å². The fraction of sp³-hybridized carbons (Fsp3) is 0. The van der Waals surface area contributed by atoms with Gasteiger partial charge in [-0.15, -0.1) is 0 Å². The minimum atomic E-state index is -0.524. The molecule has 0 aliphatic heterocycles. The summed E-state index contributed by atoms with van der Waals surface area (Å²) in [5.41, 5.74) is 3.38. The van der Waals surface area contributed by atoms with Gasteiger partial charge in [0.1, 0.15) is 24.0 Å². The summed E-state index contributed by atoms with van der Waals surface area (Å²) in [6.45, 7) is 0. The first-order valence-electron chi connectivity index (χ1n) is 8.86. The molecule has 0 unspecified atom stereocenters. The van der Waals surface area contributed by atoms with Gasteiger partial charge in [0.25, 0.3) is 5.69 Å². The molecule has 9 heteroatoms. The monoisotopic (exact) mass is 404 g/mol. The third-order valence-corrected chi connectivity index (χ3v) is 4.44. The molecule has 1 radical (unpaired) electrons. The van der Waals surface area contributed by atoms with Crippen molar-refractivity contribution in [1.29, 1.82) is 10.5 Å². The Labute approximate surface area is 176 Å². The summed E-state index contributed by atoms with van der Waals surface area (Å²) < 4.78 is 0. The third-order valence-electron chi connectivity index (χ3n) is 4.44. The summed E-state index contributed by atoms with van der Waals surface area (Å²) in [6.07, 6.45) is 8.57. The van der Waals surface area contributed by atoms with Crippen LogP contribution in [0.5, 0.6) is 0 Å². The molecular weight excluding hydrogens is 394 g/mol. The molecule has 0 saturated carbocycles. The molecule has 0 spiro atoms. The van der Waals surface area contributed by atoms with E-state index in [4.69, 9.17) is 5.26 Å². The first-order valence-corrected chi connectivity index (χ1v) is 8.86. The third kappa shape index (κ3) is 3.67. The van der Waals surface area contributed by atoms with Crippen LogP contribution in [-0.4, -0.2) is 24.9 Å². The van der Waals surface area contributed by atoms with E-state index in [-0.39, 0.29) is 16.8 Å². The Morgan fingerprint density at radius 2 is 1.81 bits per heavy atom. The predicted octanol–water partition coefficient (Wildman–Crippen LogP) is 3.72. The largest absolute Gasteiger partial charge is 0.287 e. The lowest BCUT2D eigenvalue weighted by atomic mass is 9.95. The Kier molecular flexibility index (Phi) is 5.08. The SMILES string of the molecule is N#Cc1cnc(-c2ncccc2-c2ccn[c]c2-c2ccc([N+](=O)[O-])cn2)c(C#N)c1. The molecule has 0 saturated heterocycles. The van der Waals surface area contributed by atoms with E-state index in [1.807, 2.05) is 6.07 Å². The molecule has 4 aromatic rings. The van der Waals surface area contributed by atoms with E-state index in [0.717, 1.165) is 0 Å². The van der Waals surface area contributed by atoms with E-state index in [0.29, 0.717) is 33.8 Å². The van der Waals surface area contributed by atoms with Crippen LogP contribution in [0.2, 0.25) is 0 Å². The summed E-state index contributed by atoms with van der Waals surface area (Å²) >= 11 is 0. The number of nitrogens with zero attached hydrogens (tertiary/aromatic N) is 7. The lowest BCUT2D eigenvalue weighted by molar-refractivity contribution is -0.385. The quantitative estimate of drug-likeness (QED) is 0.370. The van der Waals surface area contributed by atoms with Crippen molar-refractivity contribution >= 4 is 5.69 Å². The van der Waals surface area contributed by atoms with Crippen LogP contribution in [0, 0.1) is 39.0 Å². The molecule has 0 aromatic carbocycles. The van der Waals surface area contributed by atoms with Crippen LogP contribution in [0.3, 0.4) is 0 Å². The van der Waals surface area contributed by atoms with Crippen LogP contribution < -0.4 is 0 Å². The van der Waals surface area contributed by atoms with Crippen molar-refractivity contribution < 1.29 is 4.92 Å². The first-order chi connectivity index (χ1) is 15.1. The molecule has 4 rings (SSSR count). The second-order valence-corrected chi connectivity index (χ2v) is 6.25. The maximum Gasteiger partial charge on any atom is 0.287 e. The minimum absolute atomic E-state index is 0.128. The molecule has 0 aliphatic carbocycles. The van der Waals surface area contributed by atoms with Crippen LogP contribution in [0.25, 0.3) is 33.8 Å². The zero-order valence-electron chi connectivity index (χ0n) is 15.7. The lowest BCUT2D eigenvalue weighted by Gasteiger charge is -2.12. The van der Waals surface area contributed by atoms with Gasteiger partial charge in [0.2, 0.25) is 0 Å². The number of nitro groups is 1. The van der Waals surface area contributed by atoms with E-state index in [1.54, 1.807) is 30.6 Å². The van der Waals surface area contributed by atoms with Crippen molar-refractivity contribution in [3.05, 3.63) is 88.6 Å². The van der Waals surface area contributed by atoms with Crippen molar-refractivity contribution in [3.8, 4) is 45.9 Å². The fourth-order valence-electron chi connectivity index (χ4n) is 3.03. The number of hydrogen-bond acceptors (Lipinski definition) is 8. The molecule has 4 aromatic heterocycles. The molecule has 0 aliphatic rings. The van der Waals surface area contributed by atoms with Crippen LogP contribution in [0.15, 0.2) is 61.2 Å². The maximum atomic E-state index is 10.9. The average molecular weight is 404 g/mol. The predicted molar refractivity (Wildman–Crippen MR) is 109 cm³/mol. The van der Waals surface area contributed by atoms with Crippen LogP contribution in [-0.2, 0) is 0 Å². The van der Waals surface area contributed by atoms with E-state index in [9.17, 15) is 15.4 Å². The van der Waals surface area contributed by atoms with Crippen LogP contribution in [0.1, 0.15) is 11.1 Å². The number of hydrogen-bond donors (Lipinski definition) is 0. The van der Waals surface area contributed by atoms with Crippen molar-refractivity contribution in [1.82, 2.24) is 19.9 Å². The number of rotatable bonds is 4. The highest BCUT2D eigenvalue weighted by atomic mass is 16.6. The maximum absolute atomic E-state index is 10.9. The topological polar surface area (TPSA) is 142 Å². The molecule has 9 nitrogen and oxygen atoms in total. The van der Waals surface area contributed by atoms with Crippen molar-refractivity contribution in [2.45, 2.75) is 0 Å². The van der Waals surface area contributed by atoms with Gasteiger partial charge in [0, 0.05) is 35.8 Å². The highest BCUT2D eigenvalue weighted by Gasteiger charge is 2.18. The molecule has 0 bridgehead atoms. The smallest absolute Gasteiger partial charge is 0.258 e. The standard InChI is InChI=1S/C22H10N7O2/c23-9-14-8-15(10-24)21(28-11-14)22-18(2-1-6-26-22)17-5-7-25-13-19(17)20-4-3-16(12-27-20)29(30)31/h1-8,11-12H. The van der Waals surface area contributed by atoms with Gasteiger partial charge < -0.3 is 0 Å². The summed E-state index contributed by atoms with van der Waals surface area (Å²) in [5, 5.41) is 29.6. The Morgan fingerprint density at radius 1 is 0.935 bits per heavy atom. The van der Waals surface area contributed by atoms with Gasteiger partial charge >= 0.3 is 0 Å². The average Bonchev–Trinajstić information content (AvgIpc) is 2.83. The Bertz CT molecular complexity index is 1390. The number of pyridine rings is 4. The zero-order valence-corrected chi connectivity index (χ0v) is 15.7. The highest BCUT2D eigenvalue weighted by Crippen LogP contribution is 2.36. The second kappa shape index (κ2) is 8.15. The molecular formula is C22H10N7O2. The van der Waals surface area contributed by atoms with Gasteiger partial charge in [-0.1, -0.05) is 6.07 Å². The second-order valence-electron chi connectivity index (χ2n) is 6.25. The Hall–Kier alpha value is -5.02. The highest BCUT2D eigenvalue weighted by molar-refractivity contribution is 5.89. The van der Waals surface area contributed by atoms with Crippen molar-refractivity contribution in [2.75, 3.05) is 0 Å². The molecule has 145 valence electrons. The van der Waals surface area contributed by atoms with Crippen molar-refractivity contribution in [3.63, 3.8) is 0 Å². The van der Waals surface area contributed by atoms with E-state index in [2.05, 4.69) is 32.2 Å². The summed E-state index contributed by atoms with van der Waals surface area (Å²) in [7, 11) is 0. The van der Waals surface area contributed by atoms with Gasteiger partial charge in [-0.25, -0.2) is 4.98 Å². The van der Waals surface area contributed by atoms with Gasteiger partial charge in [0.05, 0.1) is 33.6 Å². The Balaban J connectivity index is 1.90. The summed E-state index contributed by atoms with van der Waals surface area (Å²) in [4.78, 5) is 27.3. The van der Waals surface area contributed by atoms with Gasteiger partial charge in [-0.2, -0.15) is 10.5 Å². The first kappa shape index (κ1) is 19.3. The fourth-order valence-corrected chi connectivity index (χ4v) is 3.03. The van der Waals surface area contributed by atoms with E-state index in [1.165, 1.54) is 30.6 Å². The zero-order chi connectivity index (χ0) is 21.8. The molecule has 0 fully saturated rings. The van der Waals surface area contributed by atoms with Gasteiger partial charge in [-0.05, 0) is 29.8 Å². The van der Waals surface area contributed by atoms with Crippen LogP contribution >= 0.6 is 0 Å². The molecule has 0 amide bonds. The summed E-state index contributed by atoms with van der Waals surface area (Å²) in [6, 6.07) is 13.6. The normalized spacial score (nSPS) is 10.1. The summed E-state index contributed by atoms with van der Waals surface area (Å²) in [5.74, 6) is 0. The number of nitriles is 2. The lowest BCUT2D eigenvalue weighted by Crippen LogP contribution is -1.98. The van der Waals surface area contributed by atoms with Gasteiger partial charge in [-0.3, -0.25) is 25.1 Å². The molecule has 4 heterocycles. The van der Waals surface area contributed by atoms with Crippen molar-refractivity contribution in [2.24, 2.45) is 0 Å².